The van der Waals surface area contributed by atoms with Gasteiger partial charge in [-0.2, -0.15) is 13.2 Å². The summed E-state index contributed by atoms with van der Waals surface area (Å²) in [6, 6.07) is 7.77. The first-order valence-electron chi connectivity index (χ1n) is 6.85. The average molecular weight is 327 g/mol. The molecule has 0 aliphatic rings. The summed E-state index contributed by atoms with van der Waals surface area (Å²) < 4.78 is 47.9. The molecule has 1 aromatic carbocycles. The highest BCUT2D eigenvalue weighted by atomic mass is 19.4. The van der Waals surface area contributed by atoms with Crippen LogP contribution in [0.25, 0.3) is 0 Å². The maximum atomic E-state index is 12.4. The Balaban J connectivity index is 1.86. The van der Waals surface area contributed by atoms with Crippen LogP contribution in [0, 0.1) is 6.92 Å². The van der Waals surface area contributed by atoms with Gasteiger partial charge in [0, 0.05) is 7.05 Å². The molecule has 23 heavy (non-hydrogen) atoms. The van der Waals surface area contributed by atoms with E-state index < -0.39 is 11.7 Å². The molecule has 0 N–H and O–H groups in total. The summed E-state index contributed by atoms with van der Waals surface area (Å²) in [4.78, 5) is 13.4. The monoisotopic (exact) mass is 327 g/mol. The Morgan fingerprint density at radius 2 is 1.83 bits per heavy atom. The number of likely N-dealkylation sites (N-methyl/N-ethyl adjacent to an activating group) is 1. The van der Waals surface area contributed by atoms with Crippen LogP contribution in [0.15, 0.2) is 40.8 Å². The molecule has 0 unspecified atom stereocenters. The van der Waals surface area contributed by atoms with Gasteiger partial charge in [-0.1, -0.05) is 0 Å². The Kier molecular flexibility index (Phi) is 4.98. The zero-order valence-electron chi connectivity index (χ0n) is 12.7. The zero-order chi connectivity index (χ0) is 17.0. The molecule has 0 saturated carbocycles. The van der Waals surface area contributed by atoms with Crippen molar-refractivity contribution >= 4 is 5.91 Å². The van der Waals surface area contributed by atoms with Gasteiger partial charge >= 0.3 is 6.18 Å². The maximum Gasteiger partial charge on any atom is 0.416 e. The van der Waals surface area contributed by atoms with Gasteiger partial charge in [0.25, 0.3) is 5.91 Å². The normalized spacial score (nSPS) is 11.3. The Morgan fingerprint density at radius 1 is 1.17 bits per heavy atom. The number of hydrogen-bond acceptors (Lipinski definition) is 3. The van der Waals surface area contributed by atoms with E-state index in [1.54, 1.807) is 26.1 Å². The number of carbonyl (C=O) groups excluding carboxylic acids is 1. The van der Waals surface area contributed by atoms with Crippen molar-refractivity contribution in [2.75, 3.05) is 13.7 Å². The predicted molar refractivity (Wildman–Crippen MR) is 76.9 cm³/mol. The topological polar surface area (TPSA) is 42.7 Å². The molecular weight excluding hydrogens is 311 g/mol. The smallest absolute Gasteiger partial charge is 0.416 e. The van der Waals surface area contributed by atoms with E-state index in [1.165, 1.54) is 17.0 Å². The number of benzene rings is 1. The molecule has 124 valence electrons. The van der Waals surface area contributed by atoms with E-state index in [-0.39, 0.29) is 18.3 Å². The fourth-order valence-electron chi connectivity index (χ4n) is 1.89. The van der Waals surface area contributed by atoms with Crippen molar-refractivity contribution in [1.82, 2.24) is 4.90 Å². The molecule has 4 nitrogen and oxygen atoms in total. The van der Waals surface area contributed by atoms with E-state index in [4.69, 9.17) is 9.15 Å². The lowest BCUT2D eigenvalue weighted by atomic mass is 10.2. The summed E-state index contributed by atoms with van der Waals surface area (Å²) in [6.07, 6.45) is -4.39. The van der Waals surface area contributed by atoms with Crippen LogP contribution >= 0.6 is 0 Å². The third kappa shape index (κ3) is 4.77. The highest BCUT2D eigenvalue weighted by Crippen LogP contribution is 2.30. The Labute approximate surface area is 131 Å². The van der Waals surface area contributed by atoms with Gasteiger partial charge in [0.15, 0.2) is 6.61 Å². The Morgan fingerprint density at radius 3 is 2.35 bits per heavy atom. The molecule has 0 spiro atoms. The summed E-state index contributed by atoms with van der Waals surface area (Å²) in [5, 5.41) is 0. The molecule has 0 fully saturated rings. The molecule has 1 heterocycles. The van der Waals surface area contributed by atoms with Crippen LogP contribution in [-0.2, 0) is 17.5 Å². The first-order valence-corrected chi connectivity index (χ1v) is 6.85. The van der Waals surface area contributed by atoms with Crippen LogP contribution in [0.3, 0.4) is 0 Å². The third-order valence-electron chi connectivity index (χ3n) is 3.16. The van der Waals surface area contributed by atoms with Crippen LogP contribution in [0.1, 0.15) is 17.1 Å². The summed E-state index contributed by atoms with van der Waals surface area (Å²) in [7, 11) is 1.59. The van der Waals surface area contributed by atoms with Crippen LogP contribution in [-0.4, -0.2) is 24.5 Å². The maximum absolute atomic E-state index is 12.4. The van der Waals surface area contributed by atoms with Gasteiger partial charge in [-0.3, -0.25) is 4.79 Å². The molecule has 0 radical (unpaired) electrons. The van der Waals surface area contributed by atoms with Crippen molar-refractivity contribution in [3.63, 3.8) is 0 Å². The second-order valence-corrected chi connectivity index (χ2v) is 5.07. The van der Waals surface area contributed by atoms with E-state index in [0.717, 1.165) is 17.9 Å². The lowest BCUT2D eigenvalue weighted by Gasteiger charge is -2.16. The van der Waals surface area contributed by atoms with Gasteiger partial charge in [0.2, 0.25) is 0 Å². The first kappa shape index (κ1) is 16.9. The Hall–Kier alpha value is -2.44. The third-order valence-corrected chi connectivity index (χ3v) is 3.16. The number of ether oxygens (including phenoxy) is 1. The molecule has 1 amide bonds. The van der Waals surface area contributed by atoms with Crippen molar-refractivity contribution in [1.29, 1.82) is 0 Å². The van der Waals surface area contributed by atoms with E-state index in [2.05, 4.69) is 0 Å². The number of rotatable bonds is 5. The van der Waals surface area contributed by atoms with Gasteiger partial charge in [-0.15, -0.1) is 0 Å². The van der Waals surface area contributed by atoms with E-state index in [0.29, 0.717) is 12.3 Å². The van der Waals surface area contributed by atoms with Crippen molar-refractivity contribution < 1.29 is 27.1 Å². The lowest BCUT2D eigenvalue weighted by molar-refractivity contribution is -0.137. The number of aryl methyl sites for hydroxylation is 1. The molecule has 2 aromatic rings. The fraction of sp³-hybridized carbons (Fsp3) is 0.312. The van der Waals surface area contributed by atoms with Gasteiger partial charge in [0.05, 0.1) is 12.1 Å². The number of amides is 1. The number of alkyl halides is 3. The zero-order valence-corrected chi connectivity index (χ0v) is 12.7. The van der Waals surface area contributed by atoms with Crippen LogP contribution in [0.2, 0.25) is 0 Å². The van der Waals surface area contributed by atoms with Gasteiger partial charge < -0.3 is 14.1 Å². The minimum Gasteiger partial charge on any atom is -0.484 e. The standard InChI is InChI=1S/C16H16F3NO3/c1-11-3-6-14(23-11)9-20(2)15(21)10-22-13-7-4-12(5-8-13)16(17,18)19/h3-8H,9-10H2,1-2H3. The quantitative estimate of drug-likeness (QED) is 0.842. The molecule has 0 aliphatic heterocycles. The van der Waals surface area contributed by atoms with E-state index in [9.17, 15) is 18.0 Å². The summed E-state index contributed by atoms with van der Waals surface area (Å²) in [5.41, 5.74) is -0.763. The second kappa shape index (κ2) is 6.76. The summed E-state index contributed by atoms with van der Waals surface area (Å²) in [5.74, 6) is 1.29. The number of furan rings is 1. The molecule has 7 heteroatoms. The van der Waals surface area contributed by atoms with Crippen molar-refractivity contribution in [3.05, 3.63) is 53.5 Å². The van der Waals surface area contributed by atoms with Gasteiger partial charge in [-0.25, -0.2) is 0 Å². The van der Waals surface area contributed by atoms with Crippen LogP contribution < -0.4 is 4.74 Å². The minimum absolute atomic E-state index is 0.202. The molecule has 1 aromatic heterocycles. The van der Waals surface area contributed by atoms with E-state index >= 15 is 0 Å². The largest absolute Gasteiger partial charge is 0.484 e. The average Bonchev–Trinajstić information content (AvgIpc) is 2.89. The molecule has 0 bridgehead atoms. The van der Waals surface area contributed by atoms with Gasteiger partial charge in [0.1, 0.15) is 17.3 Å². The van der Waals surface area contributed by atoms with Crippen LogP contribution in [0.5, 0.6) is 5.75 Å². The van der Waals surface area contributed by atoms with Gasteiger partial charge in [-0.05, 0) is 43.3 Å². The van der Waals surface area contributed by atoms with Crippen molar-refractivity contribution in [3.8, 4) is 5.75 Å². The molecule has 0 atom stereocenters. The molecule has 0 saturated heterocycles. The van der Waals surface area contributed by atoms with Crippen LogP contribution in [0.4, 0.5) is 13.2 Å². The SMILES string of the molecule is Cc1ccc(CN(C)C(=O)COc2ccc(C(F)(F)F)cc2)o1. The van der Waals surface area contributed by atoms with Crippen molar-refractivity contribution in [2.45, 2.75) is 19.6 Å². The first-order chi connectivity index (χ1) is 10.8. The number of hydrogen-bond donors (Lipinski definition) is 0. The highest BCUT2D eigenvalue weighted by molar-refractivity contribution is 5.77. The predicted octanol–water partition coefficient (Wildman–Crippen LogP) is 3.64. The summed E-state index contributed by atoms with van der Waals surface area (Å²) >= 11 is 0. The number of carbonyl (C=O) groups is 1. The second-order valence-electron chi connectivity index (χ2n) is 5.07. The lowest BCUT2D eigenvalue weighted by Crippen LogP contribution is -2.30. The molecule has 2 rings (SSSR count). The number of nitrogens with zero attached hydrogens (tertiary/aromatic N) is 1. The van der Waals surface area contributed by atoms with Crippen molar-refractivity contribution in [2.24, 2.45) is 0 Å². The minimum atomic E-state index is -4.39. The Bertz CT molecular complexity index is 662. The number of halogens is 3. The highest BCUT2D eigenvalue weighted by Gasteiger charge is 2.30. The fourth-order valence-corrected chi connectivity index (χ4v) is 1.89. The van der Waals surface area contributed by atoms with E-state index in [1.807, 2.05) is 0 Å². The molecule has 0 aliphatic carbocycles. The molecular formula is C16H16F3NO3. The summed E-state index contributed by atoms with van der Waals surface area (Å²) in [6.45, 7) is 1.84.